The van der Waals surface area contributed by atoms with E-state index in [4.69, 9.17) is 13.7 Å². The first-order valence-corrected chi connectivity index (χ1v) is 10.1. The van der Waals surface area contributed by atoms with Crippen LogP contribution in [0, 0.1) is 6.92 Å². The number of hydrogen-bond acceptors (Lipinski definition) is 8. The van der Waals surface area contributed by atoms with Gasteiger partial charge in [-0.1, -0.05) is 17.7 Å². The van der Waals surface area contributed by atoms with Gasteiger partial charge in [-0.25, -0.2) is 4.79 Å². The normalized spacial score (nSPS) is 25.1. The lowest BCUT2D eigenvalue weighted by Gasteiger charge is -2.41. The average Bonchev–Trinajstić information content (AvgIpc) is 3.08. The molecule has 9 heteroatoms. The molecule has 1 saturated heterocycles. The summed E-state index contributed by atoms with van der Waals surface area (Å²) in [6, 6.07) is 6.10. The van der Waals surface area contributed by atoms with Gasteiger partial charge in [0.05, 0.1) is 19.3 Å². The van der Waals surface area contributed by atoms with Crippen molar-refractivity contribution in [2.75, 3.05) is 20.3 Å². The maximum Gasteiger partial charge on any atom is 0.343 e. The molecule has 0 saturated carbocycles. The highest BCUT2D eigenvalue weighted by Gasteiger charge is 2.41. The molecule has 2 unspecified atom stereocenters. The van der Waals surface area contributed by atoms with Gasteiger partial charge in [0.2, 0.25) is 0 Å². The second-order valence-electron chi connectivity index (χ2n) is 7.04. The van der Waals surface area contributed by atoms with Crippen molar-refractivity contribution in [2.45, 2.75) is 36.9 Å². The van der Waals surface area contributed by atoms with E-state index in [1.54, 1.807) is 17.0 Å². The number of rotatable bonds is 5. The van der Waals surface area contributed by atoms with Crippen molar-refractivity contribution in [1.29, 1.82) is 0 Å². The molecular formula is C19H23NO7S. The Balaban J connectivity index is 1.94. The fraction of sp³-hybridized carbons (Fsp3) is 0.421. The lowest BCUT2D eigenvalue weighted by Crippen LogP contribution is -2.50. The van der Waals surface area contributed by atoms with Crippen LogP contribution in [0.5, 0.6) is 0 Å². The SMILES string of the molecule is COC(=O)C1=CN(C2(C)CCOC2)C(O)C=C1OS(=O)(=O)c1ccc(C)cc1. The Bertz CT molecular complexity index is 912. The van der Waals surface area contributed by atoms with Crippen LogP contribution < -0.4 is 0 Å². The van der Waals surface area contributed by atoms with Gasteiger partial charge in [-0.2, -0.15) is 8.42 Å². The molecule has 2 heterocycles. The second kappa shape index (κ2) is 7.57. The number of carbonyl (C=O) groups is 1. The molecule has 2 aliphatic heterocycles. The zero-order valence-electron chi connectivity index (χ0n) is 15.9. The smallest absolute Gasteiger partial charge is 0.343 e. The maximum absolute atomic E-state index is 12.6. The Morgan fingerprint density at radius 2 is 2.00 bits per heavy atom. The molecule has 8 nitrogen and oxygen atoms in total. The van der Waals surface area contributed by atoms with E-state index in [-0.39, 0.29) is 16.2 Å². The van der Waals surface area contributed by atoms with Crippen LogP contribution in [-0.2, 0) is 28.6 Å². The summed E-state index contributed by atoms with van der Waals surface area (Å²) in [5.41, 5.74) is 0.247. The van der Waals surface area contributed by atoms with E-state index in [0.717, 1.165) is 5.56 Å². The van der Waals surface area contributed by atoms with Crippen LogP contribution in [-0.4, -0.2) is 56.5 Å². The number of aliphatic hydroxyl groups is 1. The highest BCUT2D eigenvalue weighted by atomic mass is 32.2. The van der Waals surface area contributed by atoms with Gasteiger partial charge < -0.3 is 23.7 Å². The molecule has 1 fully saturated rings. The largest absolute Gasteiger partial charge is 0.465 e. The predicted molar refractivity (Wildman–Crippen MR) is 99.3 cm³/mol. The van der Waals surface area contributed by atoms with E-state index in [0.29, 0.717) is 19.6 Å². The number of hydrogen-bond donors (Lipinski definition) is 1. The molecule has 28 heavy (non-hydrogen) atoms. The molecule has 152 valence electrons. The summed E-state index contributed by atoms with van der Waals surface area (Å²) in [5.74, 6) is -1.05. The Kier molecular flexibility index (Phi) is 5.51. The van der Waals surface area contributed by atoms with Crippen LogP contribution >= 0.6 is 0 Å². The first-order chi connectivity index (χ1) is 13.2. The molecule has 2 atom stereocenters. The molecule has 0 aromatic heterocycles. The van der Waals surface area contributed by atoms with Gasteiger partial charge in [0.1, 0.15) is 16.7 Å². The van der Waals surface area contributed by atoms with Crippen molar-refractivity contribution in [1.82, 2.24) is 4.90 Å². The second-order valence-corrected chi connectivity index (χ2v) is 8.58. The van der Waals surface area contributed by atoms with Gasteiger partial charge >= 0.3 is 16.1 Å². The molecule has 0 bridgehead atoms. The first-order valence-electron chi connectivity index (χ1n) is 8.74. The quantitative estimate of drug-likeness (QED) is 0.576. The number of aliphatic hydroxyl groups excluding tert-OH is 1. The van der Waals surface area contributed by atoms with Crippen LogP contribution in [0.3, 0.4) is 0 Å². The summed E-state index contributed by atoms with van der Waals surface area (Å²) in [7, 11) is -3.01. The van der Waals surface area contributed by atoms with Crippen molar-refractivity contribution >= 4 is 16.1 Å². The Morgan fingerprint density at radius 3 is 2.57 bits per heavy atom. The molecule has 2 aliphatic rings. The fourth-order valence-electron chi connectivity index (χ4n) is 3.13. The third-order valence-electron chi connectivity index (χ3n) is 4.85. The van der Waals surface area contributed by atoms with Crippen LogP contribution in [0.2, 0.25) is 0 Å². The molecule has 1 N–H and O–H groups in total. The molecule has 0 amide bonds. The number of nitrogens with zero attached hydrogens (tertiary/aromatic N) is 1. The van der Waals surface area contributed by atoms with E-state index in [9.17, 15) is 18.3 Å². The highest BCUT2D eigenvalue weighted by Crippen LogP contribution is 2.34. The van der Waals surface area contributed by atoms with Crippen LogP contribution in [0.4, 0.5) is 0 Å². The lowest BCUT2D eigenvalue weighted by molar-refractivity contribution is -0.136. The average molecular weight is 409 g/mol. The topological polar surface area (TPSA) is 102 Å². The van der Waals surface area contributed by atoms with Gasteiger partial charge in [0.15, 0.2) is 5.76 Å². The summed E-state index contributed by atoms with van der Waals surface area (Å²) < 4.78 is 40.6. The number of esters is 1. The zero-order valence-corrected chi connectivity index (χ0v) is 16.7. The molecule has 1 aromatic rings. The van der Waals surface area contributed by atoms with Crippen molar-refractivity contribution in [3.05, 3.63) is 53.4 Å². The van der Waals surface area contributed by atoms with E-state index in [1.807, 2.05) is 13.8 Å². The molecule has 0 aliphatic carbocycles. The Hall–Kier alpha value is -2.36. The standard InChI is InChI=1S/C19H23NO7S/c1-13-4-6-14(7-5-13)28(23,24)27-16-10-17(21)20(11-15(16)18(22)25-3)19(2)8-9-26-12-19/h4-7,10-11,17,21H,8-9,12H2,1-3H3. The molecule has 0 radical (unpaired) electrons. The Morgan fingerprint density at radius 1 is 1.32 bits per heavy atom. The number of ether oxygens (including phenoxy) is 2. The maximum atomic E-state index is 12.6. The molecular weight excluding hydrogens is 386 g/mol. The number of carbonyl (C=O) groups excluding carboxylic acids is 1. The van der Waals surface area contributed by atoms with Gasteiger partial charge in [-0.05, 0) is 32.4 Å². The van der Waals surface area contributed by atoms with E-state index >= 15 is 0 Å². The van der Waals surface area contributed by atoms with Crippen LogP contribution in [0.15, 0.2) is 52.8 Å². The van der Waals surface area contributed by atoms with Gasteiger partial charge in [-0.3, -0.25) is 0 Å². The van der Waals surface area contributed by atoms with Gasteiger partial charge in [0, 0.05) is 18.9 Å². The zero-order chi connectivity index (χ0) is 20.5. The third kappa shape index (κ3) is 3.91. The fourth-order valence-corrected chi connectivity index (χ4v) is 4.07. The van der Waals surface area contributed by atoms with Crippen LogP contribution in [0.1, 0.15) is 18.9 Å². The summed E-state index contributed by atoms with van der Waals surface area (Å²) in [4.78, 5) is 13.8. The van der Waals surface area contributed by atoms with Crippen molar-refractivity contribution in [2.24, 2.45) is 0 Å². The van der Waals surface area contributed by atoms with Crippen molar-refractivity contribution in [3.8, 4) is 0 Å². The molecule has 0 spiro atoms. The third-order valence-corrected chi connectivity index (χ3v) is 6.10. The minimum Gasteiger partial charge on any atom is -0.465 e. The first kappa shape index (κ1) is 20.4. The summed E-state index contributed by atoms with van der Waals surface area (Å²) in [5, 5.41) is 10.6. The summed E-state index contributed by atoms with van der Waals surface area (Å²) in [6.07, 6.45) is 2.00. The molecule has 3 rings (SSSR count). The summed E-state index contributed by atoms with van der Waals surface area (Å²) >= 11 is 0. The lowest BCUT2D eigenvalue weighted by atomic mass is 9.97. The monoisotopic (exact) mass is 409 g/mol. The van der Waals surface area contributed by atoms with E-state index in [2.05, 4.69) is 0 Å². The number of benzene rings is 1. The molecule has 1 aromatic carbocycles. The minimum atomic E-state index is -4.20. The van der Waals surface area contributed by atoms with Crippen LogP contribution in [0.25, 0.3) is 0 Å². The number of methoxy groups -OCH3 is 1. The highest BCUT2D eigenvalue weighted by molar-refractivity contribution is 7.86. The van der Waals surface area contributed by atoms with Gasteiger partial charge in [-0.15, -0.1) is 0 Å². The summed E-state index contributed by atoms with van der Waals surface area (Å²) in [6.45, 7) is 4.60. The minimum absolute atomic E-state index is 0.0590. The Labute approximate surface area is 164 Å². The van der Waals surface area contributed by atoms with Gasteiger partial charge in [0.25, 0.3) is 0 Å². The van der Waals surface area contributed by atoms with E-state index in [1.165, 1.54) is 31.5 Å². The van der Waals surface area contributed by atoms with Crippen molar-refractivity contribution < 1.29 is 32.0 Å². The number of aryl methyl sites for hydroxylation is 1. The van der Waals surface area contributed by atoms with Crippen molar-refractivity contribution in [3.63, 3.8) is 0 Å². The van der Waals surface area contributed by atoms with E-state index < -0.39 is 27.9 Å². The predicted octanol–water partition coefficient (Wildman–Crippen LogP) is 1.45.